The molecule has 0 unspecified atom stereocenters. The van der Waals surface area contributed by atoms with Crippen LogP contribution in [-0.4, -0.2) is 21.5 Å². The minimum Gasteiger partial charge on any atom is -0.330 e. The van der Waals surface area contributed by atoms with Crippen molar-refractivity contribution in [1.29, 1.82) is 0 Å². The maximum absolute atomic E-state index is 13.0. The average Bonchev–Trinajstić information content (AvgIpc) is 2.79. The highest BCUT2D eigenvalue weighted by atomic mass is 35.5. The van der Waals surface area contributed by atoms with Crippen molar-refractivity contribution in [3.05, 3.63) is 46.5 Å². The fourth-order valence-corrected chi connectivity index (χ4v) is 1.84. The maximum Gasteiger partial charge on any atom is 0.141 e. The third-order valence-electron chi connectivity index (χ3n) is 2.55. The van der Waals surface area contributed by atoms with Gasteiger partial charge in [-0.25, -0.2) is 9.07 Å². The van der Waals surface area contributed by atoms with Gasteiger partial charge in [-0.1, -0.05) is 22.9 Å². The molecule has 2 aromatic rings. The molecule has 4 nitrogen and oxygen atoms in total. The Bertz CT molecular complexity index is 527. The molecule has 0 aliphatic rings. The summed E-state index contributed by atoms with van der Waals surface area (Å²) in [5.41, 5.74) is 7.23. The van der Waals surface area contributed by atoms with Gasteiger partial charge in [0.05, 0.1) is 17.3 Å². The zero-order chi connectivity index (χ0) is 13.0. The molecule has 0 fully saturated rings. The minimum atomic E-state index is -0.414. The summed E-state index contributed by atoms with van der Waals surface area (Å²) in [4.78, 5) is 0. The van der Waals surface area contributed by atoms with Crippen LogP contribution in [0.2, 0.25) is 5.02 Å². The van der Waals surface area contributed by atoms with Crippen LogP contribution >= 0.6 is 11.6 Å². The van der Waals surface area contributed by atoms with Crippen molar-refractivity contribution in [3.8, 4) is 0 Å². The molecule has 0 spiro atoms. The summed E-state index contributed by atoms with van der Waals surface area (Å²) in [7, 11) is 0. The molecular formula is C12H14ClFN4. The normalized spacial score (nSPS) is 10.8. The monoisotopic (exact) mass is 268 g/mol. The van der Waals surface area contributed by atoms with E-state index in [-0.39, 0.29) is 5.02 Å². The second-order valence-corrected chi connectivity index (χ2v) is 4.46. The highest BCUT2D eigenvalue weighted by Gasteiger charge is 2.04. The van der Waals surface area contributed by atoms with Crippen LogP contribution in [0.5, 0.6) is 0 Å². The molecule has 0 saturated heterocycles. The van der Waals surface area contributed by atoms with E-state index in [1.807, 2.05) is 6.20 Å². The van der Waals surface area contributed by atoms with Crippen LogP contribution in [0.15, 0.2) is 24.4 Å². The van der Waals surface area contributed by atoms with Crippen LogP contribution in [0.1, 0.15) is 17.7 Å². The van der Waals surface area contributed by atoms with Gasteiger partial charge in [0.1, 0.15) is 5.82 Å². The van der Waals surface area contributed by atoms with E-state index in [0.29, 0.717) is 13.1 Å². The van der Waals surface area contributed by atoms with Gasteiger partial charge < -0.3 is 5.73 Å². The van der Waals surface area contributed by atoms with Crippen LogP contribution in [0.4, 0.5) is 4.39 Å². The van der Waals surface area contributed by atoms with Crippen molar-refractivity contribution in [1.82, 2.24) is 15.0 Å². The Balaban J connectivity index is 2.04. The van der Waals surface area contributed by atoms with Gasteiger partial charge in [0.25, 0.3) is 0 Å². The lowest BCUT2D eigenvalue weighted by atomic mass is 10.2. The standard InChI is InChI=1S/C12H14ClFN4/c13-11-6-9(3-4-12(11)14)7-18-8-10(16-17-18)2-1-5-15/h3-4,6,8H,1-2,5,7,15H2. The fraction of sp³-hybridized carbons (Fsp3) is 0.333. The van der Waals surface area contributed by atoms with Gasteiger partial charge in [0.15, 0.2) is 0 Å². The van der Waals surface area contributed by atoms with E-state index >= 15 is 0 Å². The predicted octanol–water partition coefficient (Wildman–Crippen LogP) is 2.01. The lowest BCUT2D eigenvalue weighted by Crippen LogP contribution is -2.01. The SMILES string of the molecule is NCCCc1cn(Cc2ccc(F)c(Cl)c2)nn1. The summed E-state index contributed by atoms with van der Waals surface area (Å²) >= 11 is 5.72. The number of aromatic nitrogens is 3. The Morgan fingerprint density at radius 1 is 1.39 bits per heavy atom. The first-order chi connectivity index (χ1) is 8.69. The molecule has 0 radical (unpaired) electrons. The minimum absolute atomic E-state index is 0.121. The third kappa shape index (κ3) is 3.27. The van der Waals surface area contributed by atoms with Crippen LogP contribution in [0, 0.1) is 5.82 Å². The molecule has 1 aromatic heterocycles. The van der Waals surface area contributed by atoms with Gasteiger partial charge in [-0.3, -0.25) is 0 Å². The lowest BCUT2D eigenvalue weighted by molar-refractivity contribution is 0.622. The van der Waals surface area contributed by atoms with Crippen LogP contribution < -0.4 is 5.73 Å². The molecule has 1 heterocycles. The summed E-state index contributed by atoms with van der Waals surface area (Å²) in [6.45, 7) is 1.16. The van der Waals surface area contributed by atoms with Gasteiger partial charge in [0, 0.05) is 6.20 Å². The van der Waals surface area contributed by atoms with Crippen LogP contribution in [-0.2, 0) is 13.0 Å². The van der Waals surface area contributed by atoms with E-state index in [1.165, 1.54) is 6.07 Å². The summed E-state index contributed by atoms with van der Waals surface area (Å²) in [5.74, 6) is -0.414. The highest BCUT2D eigenvalue weighted by Crippen LogP contribution is 2.16. The number of benzene rings is 1. The molecular weight excluding hydrogens is 255 g/mol. The first kappa shape index (κ1) is 13.0. The number of nitrogens with zero attached hydrogens (tertiary/aromatic N) is 3. The molecule has 2 N–H and O–H groups in total. The first-order valence-electron chi connectivity index (χ1n) is 5.72. The third-order valence-corrected chi connectivity index (χ3v) is 2.84. The molecule has 2 rings (SSSR count). The smallest absolute Gasteiger partial charge is 0.141 e. The average molecular weight is 269 g/mol. The van der Waals surface area contributed by atoms with Gasteiger partial charge in [-0.05, 0) is 37.1 Å². The van der Waals surface area contributed by atoms with Crippen LogP contribution in [0.3, 0.4) is 0 Å². The number of hydrogen-bond donors (Lipinski definition) is 1. The Labute approximate surface area is 110 Å². The molecule has 0 atom stereocenters. The fourth-order valence-electron chi connectivity index (χ4n) is 1.64. The largest absolute Gasteiger partial charge is 0.330 e. The number of hydrogen-bond acceptors (Lipinski definition) is 3. The molecule has 96 valence electrons. The van der Waals surface area contributed by atoms with E-state index in [1.54, 1.807) is 16.8 Å². The molecule has 18 heavy (non-hydrogen) atoms. The Morgan fingerprint density at radius 3 is 2.94 bits per heavy atom. The predicted molar refractivity (Wildman–Crippen MR) is 67.9 cm³/mol. The zero-order valence-electron chi connectivity index (χ0n) is 9.81. The Hall–Kier alpha value is -1.46. The van der Waals surface area contributed by atoms with Crippen molar-refractivity contribution < 1.29 is 4.39 Å². The number of rotatable bonds is 5. The summed E-state index contributed by atoms with van der Waals surface area (Å²) in [6.07, 6.45) is 3.58. The number of halogens is 2. The summed E-state index contributed by atoms with van der Waals surface area (Å²) < 4.78 is 14.7. The maximum atomic E-state index is 13.0. The lowest BCUT2D eigenvalue weighted by Gasteiger charge is -2.02. The van der Waals surface area contributed by atoms with E-state index in [4.69, 9.17) is 17.3 Å². The van der Waals surface area contributed by atoms with E-state index < -0.39 is 5.82 Å². The summed E-state index contributed by atoms with van der Waals surface area (Å²) in [6, 6.07) is 4.63. The van der Waals surface area contributed by atoms with Crippen molar-refractivity contribution >= 4 is 11.6 Å². The molecule has 0 aliphatic carbocycles. The Kier molecular flexibility index (Phi) is 4.28. The molecule has 0 bridgehead atoms. The molecule has 1 aromatic carbocycles. The van der Waals surface area contributed by atoms with Crippen molar-refractivity contribution in [2.24, 2.45) is 5.73 Å². The molecule has 6 heteroatoms. The van der Waals surface area contributed by atoms with Crippen LogP contribution in [0.25, 0.3) is 0 Å². The molecule has 0 aliphatic heterocycles. The molecule has 0 saturated carbocycles. The van der Waals surface area contributed by atoms with E-state index in [9.17, 15) is 4.39 Å². The second kappa shape index (κ2) is 5.93. The summed E-state index contributed by atoms with van der Waals surface area (Å²) in [5, 5.41) is 8.17. The first-order valence-corrected chi connectivity index (χ1v) is 6.10. The second-order valence-electron chi connectivity index (χ2n) is 4.05. The molecule has 0 amide bonds. The van der Waals surface area contributed by atoms with Gasteiger partial charge in [-0.15, -0.1) is 5.10 Å². The van der Waals surface area contributed by atoms with E-state index in [0.717, 1.165) is 24.1 Å². The topological polar surface area (TPSA) is 56.7 Å². The van der Waals surface area contributed by atoms with Gasteiger partial charge in [0.2, 0.25) is 0 Å². The van der Waals surface area contributed by atoms with Crippen molar-refractivity contribution in [2.45, 2.75) is 19.4 Å². The van der Waals surface area contributed by atoms with Crippen molar-refractivity contribution in [2.75, 3.05) is 6.54 Å². The van der Waals surface area contributed by atoms with E-state index in [2.05, 4.69) is 10.3 Å². The number of nitrogens with two attached hydrogens (primary N) is 1. The van der Waals surface area contributed by atoms with Gasteiger partial charge in [-0.2, -0.15) is 0 Å². The van der Waals surface area contributed by atoms with Gasteiger partial charge >= 0.3 is 0 Å². The quantitative estimate of drug-likeness (QED) is 0.902. The Morgan fingerprint density at radius 2 is 2.22 bits per heavy atom. The number of aryl methyl sites for hydroxylation is 1. The zero-order valence-corrected chi connectivity index (χ0v) is 10.6. The highest BCUT2D eigenvalue weighted by molar-refractivity contribution is 6.30. The van der Waals surface area contributed by atoms with Crippen molar-refractivity contribution in [3.63, 3.8) is 0 Å².